The number of amides is 1. The van der Waals surface area contributed by atoms with Gasteiger partial charge in [-0.15, -0.1) is 0 Å². The van der Waals surface area contributed by atoms with Crippen LogP contribution in [0.5, 0.6) is 0 Å². The lowest BCUT2D eigenvalue weighted by Crippen LogP contribution is -2.39. The number of aromatic amines is 1. The molecule has 2 N–H and O–H groups in total. The summed E-state index contributed by atoms with van der Waals surface area (Å²) in [6.07, 6.45) is 3.76. The number of halogens is 1. The standard InChI is InChI=1S/C12H17BrN2O2/c1-12(2-4-17-5-3-12)8-15-11(16)10-6-9(13)7-14-10/h6-7,14H,2-5,8H2,1H3,(H,15,16). The molecule has 2 rings (SSSR count). The number of rotatable bonds is 3. The maximum absolute atomic E-state index is 11.8. The zero-order valence-corrected chi connectivity index (χ0v) is 11.5. The second-order valence-electron chi connectivity index (χ2n) is 4.84. The first kappa shape index (κ1) is 12.6. The van der Waals surface area contributed by atoms with E-state index in [2.05, 4.69) is 33.2 Å². The monoisotopic (exact) mass is 300 g/mol. The Kier molecular flexibility index (Phi) is 3.89. The summed E-state index contributed by atoms with van der Waals surface area (Å²) in [6, 6.07) is 1.78. The van der Waals surface area contributed by atoms with E-state index in [0.29, 0.717) is 12.2 Å². The van der Waals surface area contributed by atoms with Crippen molar-refractivity contribution >= 4 is 21.8 Å². The van der Waals surface area contributed by atoms with Gasteiger partial charge in [-0.2, -0.15) is 0 Å². The number of carbonyl (C=O) groups is 1. The van der Waals surface area contributed by atoms with Crippen molar-refractivity contribution in [2.24, 2.45) is 5.41 Å². The van der Waals surface area contributed by atoms with Crippen LogP contribution < -0.4 is 5.32 Å². The van der Waals surface area contributed by atoms with E-state index in [1.807, 2.05) is 0 Å². The maximum Gasteiger partial charge on any atom is 0.267 e. The third-order valence-electron chi connectivity index (χ3n) is 3.27. The Morgan fingerprint density at radius 3 is 2.88 bits per heavy atom. The number of aromatic nitrogens is 1. The number of hydrogen-bond acceptors (Lipinski definition) is 2. The fraction of sp³-hybridized carbons (Fsp3) is 0.583. The van der Waals surface area contributed by atoms with Gasteiger partial charge in [0.1, 0.15) is 5.69 Å². The number of nitrogens with one attached hydrogen (secondary N) is 2. The first-order chi connectivity index (χ1) is 8.09. The van der Waals surface area contributed by atoms with Crippen molar-refractivity contribution in [2.75, 3.05) is 19.8 Å². The Balaban J connectivity index is 1.87. The molecule has 0 atom stereocenters. The fourth-order valence-electron chi connectivity index (χ4n) is 1.93. The Hall–Kier alpha value is -0.810. The van der Waals surface area contributed by atoms with Crippen LogP contribution >= 0.6 is 15.9 Å². The van der Waals surface area contributed by atoms with Crippen LogP contribution in [0.1, 0.15) is 30.3 Å². The number of H-pyrrole nitrogens is 1. The second kappa shape index (κ2) is 5.23. The van der Waals surface area contributed by atoms with Crippen LogP contribution in [0.4, 0.5) is 0 Å². The zero-order valence-electron chi connectivity index (χ0n) is 9.88. The molecule has 0 radical (unpaired) electrons. The van der Waals surface area contributed by atoms with Crippen LogP contribution in [0.25, 0.3) is 0 Å². The predicted octanol–water partition coefficient (Wildman–Crippen LogP) is 2.32. The molecular weight excluding hydrogens is 284 g/mol. The summed E-state index contributed by atoms with van der Waals surface area (Å²) < 4.78 is 6.22. The molecule has 1 amide bonds. The minimum absolute atomic E-state index is 0.0524. The predicted molar refractivity (Wildman–Crippen MR) is 69.0 cm³/mol. The molecule has 1 saturated heterocycles. The third-order valence-corrected chi connectivity index (χ3v) is 3.73. The lowest BCUT2D eigenvalue weighted by Gasteiger charge is -2.33. The largest absolute Gasteiger partial charge is 0.381 e. The molecule has 0 aromatic carbocycles. The van der Waals surface area contributed by atoms with Gasteiger partial charge in [-0.25, -0.2) is 0 Å². The minimum atomic E-state index is -0.0524. The molecule has 0 aliphatic carbocycles. The fourth-order valence-corrected chi connectivity index (χ4v) is 2.27. The molecule has 2 heterocycles. The highest BCUT2D eigenvalue weighted by Crippen LogP contribution is 2.28. The summed E-state index contributed by atoms with van der Waals surface area (Å²) in [5.74, 6) is -0.0524. The van der Waals surface area contributed by atoms with Crippen LogP contribution in [0.2, 0.25) is 0 Å². The molecule has 4 nitrogen and oxygen atoms in total. The molecular formula is C12H17BrN2O2. The van der Waals surface area contributed by atoms with E-state index >= 15 is 0 Å². The van der Waals surface area contributed by atoms with Crippen molar-refractivity contribution in [3.63, 3.8) is 0 Å². The molecule has 1 aromatic heterocycles. The Bertz CT molecular complexity index is 397. The summed E-state index contributed by atoms with van der Waals surface area (Å²) in [5, 5.41) is 2.98. The van der Waals surface area contributed by atoms with Gasteiger partial charge in [0, 0.05) is 30.4 Å². The van der Waals surface area contributed by atoms with Gasteiger partial charge >= 0.3 is 0 Å². The van der Waals surface area contributed by atoms with Crippen molar-refractivity contribution in [2.45, 2.75) is 19.8 Å². The average Bonchev–Trinajstić information content (AvgIpc) is 2.74. The molecule has 0 bridgehead atoms. The normalized spacial score (nSPS) is 18.9. The van der Waals surface area contributed by atoms with Crippen molar-refractivity contribution in [1.29, 1.82) is 0 Å². The highest BCUT2D eigenvalue weighted by atomic mass is 79.9. The van der Waals surface area contributed by atoms with Crippen LogP contribution in [-0.2, 0) is 4.74 Å². The third kappa shape index (κ3) is 3.33. The number of hydrogen-bond donors (Lipinski definition) is 2. The van der Waals surface area contributed by atoms with Crippen LogP contribution in [-0.4, -0.2) is 30.6 Å². The van der Waals surface area contributed by atoms with Gasteiger partial charge in [0.2, 0.25) is 0 Å². The van der Waals surface area contributed by atoms with Gasteiger partial charge in [0.05, 0.1) is 0 Å². The van der Waals surface area contributed by atoms with E-state index in [0.717, 1.165) is 30.5 Å². The SMILES string of the molecule is CC1(CNC(=O)c2cc(Br)c[nH]2)CCOCC1. The average molecular weight is 301 g/mol. The van der Waals surface area contributed by atoms with Crippen molar-refractivity contribution < 1.29 is 9.53 Å². The highest BCUT2D eigenvalue weighted by molar-refractivity contribution is 9.10. The van der Waals surface area contributed by atoms with Gasteiger partial charge in [-0.3, -0.25) is 4.79 Å². The summed E-state index contributed by atoms with van der Waals surface area (Å²) in [7, 11) is 0. The van der Waals surface area contributed by atoms with Gasteiger partial charge < -0.3 is 15.0 Å². The molecule has 1 aliphatic heterocycles. The summed E-state index contributed by atoms with van der Waals surface area (Å²) >= 11 is 3.31. The van der Waals surface area contributed by atoms with E-state index in [1.54, 1.807) is 12.3 Å². The van der Waals surface area contributed by atoms with E-state index in [4.69, 9.17) is 4.74 Å². The molecule has 17 heavy (non-hydrogen) atoms. The number of carbonyl (C=O) groups excluding carboxylic acids is 1. The topological polar surface area (TPSA) is 54.1 Å². The Morgan fingerprint density at radius 1 is 1.59 bits per heavy atom. The molecule has 1 aliphatic rings. The molecule has 0 unspecified atom stereocenters. The first-order valence-electron chi connectivity index (χ1n) is 5.79. The maximum atomic E-state index is 11.8. The molecule has 5 heteroatoms. The summed E-state index contributed by atoms with van der Waals surface area (Å²) in [4.78, 5) is 14.8. The van der Waals surface area contributed by atoms with E-state index in [9.17, 15) is 4.79 Å². The highest BCUT2D eigenvalue weighted by Gasteiger charge is 2.27. The van der Waals surface area contributed by atoms with Gasteiger partial charge in [-0.1, -0.05) is 6.92 Å². The van der Waals surface area contributed by atoms with Crippen LogP contribution in [0, 0.1) is 5.41 Å². The van der Waals surface area contributed by atoms with Crippen molar-refractivity contribution in [3.8, 4) is 0 Å². The van der Waals surface area contributed by atoms with E-state index in [1.165, 1.54) is 0 Å². The van der Waals surface area contributed by atoms with Crippen LogP contribution in [0.3, 0.4) is 0 Å². The van der Waals surface area contributed by atoms with E-state index in [-0.39, 0.29) is 11.3 Å². The minimum Gasteiger partial charge on any atom is -0.381 e. The van der Waals surface area contributed by atoms with E-state index < -0.39 is 0 Å². The molecule has 0 saturated carbocycles. The zero-order chi connectivity index (χ0) is 12.3. The molecule has 1 aromatic rings. The van der Waals surface area contributed by atoms with Gasteiger partial charge in [0.25, 0.3) is 5.91 Å². The second-order valence-corrected chi connectivity index (χ2v) is 5.75. The Labute approximate surface area is 109 Å². The van der Waals surface area contributed by atoms with Crippen LogP contribution in [0.15, 0.2) is 16.7 Å². The number of ether oxygens (including phenoxy) is 1. The van der Waals surface area contributed by atoms with Gasteiger partial charge in [-0.05, 0) is 40.3 Å². The summed E-state index contributed by atoms with van der Waals surface area (Å²) in [5.41, 5.74) is 0.755. The smallest absolute Gasteiger partial charge is 0.267 e. The van der Waals surface area contributed by atoms with Crippen molar-refractivity contribution in [3.05, 3.63) is 22.4 Å². The quantitative estimate of drug-likeness (QED) is 0.900. The lowest BCUT2D eigenvalue weighted by molar-refractivity contribution is 0.0238. The lowest BCUT2D eigenvalue weighted by atomic mass is 9.82. The Morgan fingerprint density at radius 2 is 2.29 bits per heavy atom. The molecule has 94 valence electrons. The first-order valence-corrected chi connectivity index (χ1v) is 6.58. The van der Waals surface area contributed by atoms with Gasteiger partial charge in [0.15, 0.2) is 0 Å². The summed E-state index contributed by atoms with van der Waals surface area (Å²) in [6.45, 7) is 4.48. The molecule has 1 fully saturated rings. The van der Waals surface area contributed by atoms with Crippen molar-refractivity contribution in [1.82, 2.24) is 10.3 Å². The molecule has 0 spiro atoms.